The number of benzene rings is 1. The summed E-state index contributed by atoms with van der Waals surface area (Å²) in [5.41, 5.74) is 2.42. The maximum Gasteiger partial charge on any atom is 0.157 e. The Kier molecular flexibility index (Phi) is 2.82. The molecule has 0 fully saturated rings. The minimum atomic E-state index is 0.151. The van der Waals surface area contributed by atoms with E-state index in [0.29, 0.717) is 0 Å². The van der Waals surface area contributed by atoms with Gasteiger partial charge < -0.3 is 4.84 Å². The second-order valence-corrected chi connectivity index (χ2v) is 3.62. The molecule has 0 aromatic heterocycles. The van der Waals surface area contributed by atoms with Crippen LogP contribution in [0.4, 0.5) is 0 Å². The molecule has 2 heteroatoms. The number of rotatable bonds is 3. The molecule has 1 heterocycles. The molecule has 74 valence electrons. The van der Waals surface area contributed by atoms with E-state index >= 15 is 0 Å². The van der Waals surface area contributed by atoms with E-state index in [1.54, 1.807) is 0 Å². The van der Waals surface area contributed by atoms with Gasteiger partial charge in [-0.15, -0.1) is 0 Å². The van der Waals surface area contributed by atoms with Crippen LogP contribution in [-0.4, -0.2) is 5.71 Å². The summed E-state index contributed by atoms with van der Waals surface area (Å²) in [5.74, 6) is 0. The summed E-state index contributed by atoms with van der Waals surface area (Å²) in [7, 11) is 0. The lowest BCUT2D eigenvalue weighted by Gasteiger charge is -2.07. The highest BCUT2D eigenvalue weighted by Gasteiger charge is 2.21. The number of hydrogen-bond donors (Lipinski definition) is 0. The zero-order valence-electron chi connectivity index (χ0n) is 8.44. The van der Waals surface area contributed by atoms with Gasteiger partial charge in [0.15, 0.2) is 6.10 Å². The molecular formula is C12H15NO. The second-order valence-electron chi connectivity index (χ2n) is 3.62. The van der Waals surface area contributed by atoms with Gasteiger partial charge >= 0.3 is 0 Å². The van der Waals surface area contributed by atoms with Crippen molar-refractivity contribution in [3.63, 3.8) is 0 Å². The molecule has 1 aromatic carbocycles. The molecule has 2 rings (SSSR count). The van der Waals surface area contributed by atoms with E-state index in [9.17, 15) is 0 Å². The average Bonchev–Trinajstić information content (AvgIpc) is 2.68. The molecule has 0 radical (unpaired) electrons. The van der Waals surface area contributed by atoms with Crippen molar-refractivity contribution < 1.29 is 4.84 Å². The van der Waals surface area contributed by atoms with Crippen LogP contribution in [0.3, 0.4) is 0 Å². The quantitative estimate of drug-likeness (QED) is 0.714. The minimum absolute atomic E-state index is 0.151. The van der Waals surface area contributed by atoms with E-state index in [0.717, 1.165) is 19.3 Å². The first-order valence-electron chi connectivity index (χ1n) is 5.16. The largest absolute Gasteiger partial charge is 0.387 e. The van der Waals surface area contributed by atoms with E-state index in [4.69, 9.17) is 4.84 Å². The third-order valence-electron chi connectivity index (χ3n) is 2.44. The van der Waals surface area contributed by atoms with Gasteiger partial charge in [-0.3, -0.25) is 0 Å². The SMILES string of the molecule is CCCC1=NOC(c2ccccc2)C1. The molecule has 0 bridgehead atoms. The van der Waals surface area contributed by atoms with Crippen molar-refractivity contribution in [2.24, 2.45) is 5.16 Å². The van der Waals surface area contributed by atoms with E-state index in [-0.39, 0.29) is 6.10 Å². The van der Waals surface area contributed by atoms with Crippen LogP contribution in [0.25, 0.3) is 0 Å². The van der Waals surface area contributed by atoms with Crippen LogP contribution in [0, 0.1) is 0 Å². The Bertz CT molecular complexity index is 318. The lowest BCUT2D eigenvalue weighted by molar-refractivity contribution is 0.0857. The van der Waals surface area contributed by atoms with Gasteiger partial charge in [0.05, 0.1) is 5.71 Å². The van der Waals surface area contributed by atoms with Crippen molar-refractivity contribution in [2.45, 2.75) is 32.3 Å². The van der Waals surface area contributed by atoms with Crippen LogP contribution in [0.1, 0.15) is 37.9 Å². The fourth-order valence-electron chi connectivity index (χ4n) is 1.71. The molecule has 1 aromatic rings. The summed E-state index contributed by atoms with van der Waals surface area (Å²) < 4.78 is 0. The predicted octanol–water partition coefficient (Wildman–Crippen LogP) is 3.30. The average molecular weight is 189 g/mol. The van der Waals surface area contributed by atoms with Crippen LogP contribution >= 0.6 is 0 Å². The molecule has 1 unspecified atom stereocenters. The highest BCUT2D eigenvalue weighted by molar-refractivity contribution is 5.85. The van der Waals surface area contributed by atoms with Gasteiger partial charge in [0, 0.05) is 6.42 Å². The van der Waals surface area contributed by atoms with Crippen molar-refractivity contribution in [2.75, 3.05) is 0 Å². The fraction of sp³-hybridized carbons (Fsp3) is 0.417. The number of hydrogen-bond acceptors (Lipinski definition) is 2. The maximum absolute atomic E-state index is 5.39. The molecule has 1 aliphatic rings. The van der Waals surface area contributed by atoms with Crippen LogP contribution < -0.4 is 0 Å². The van der Waals surface area contributed by atoms with Crippen molar-refractivity contribution in [1.82, 2.24) is 0 Å². The summed E-state index contributed by atoms with van der Waals surface area (Å²) in [6, 6.07) is 10.3. The summed E-state index contributed by atoms with van der Waals surface area (Å²) in [4.78, 5) is 5.39. The van der Waals surface area contributed by atoms with Gasteiger partial charge in [0.2, 0.25) is 0 Å². The van der Waals surface area contributed by atoms with Gasteiger partial charge in [-0.2, -0.15) is 0 Å². The monoisotopic (exact) mass is 189 g/mol. The third-order valence-corrected chi connectivity index (χ3v) is 2.44. The van der Waals surface area contributed by atoms with Crippen molar-refractivity contribution in [3.05, 3.63) is 35.9 Å². The molecule has 2 nitrogen and oxygen atoms in total. The van der Waals surface area contributed by atoms with Crippen LogP contribution in [0.2, 0.25) is 0 Å². The summed E-state index contributed by atoms with van der Waals surface area (Å²) in [6.45, 7) is 2.17. The third kappa shape index (κ3) is 1.95. The van der Waals surface area contributed by atoms with E-state index in [1.165, 1.54) is 11.3 Å². The summed E-state index contributed by atoms with van der Waals surface area (Å²) in [6.07, 6.45) is 3.31. The van der Waals surface area contributed by atoms with Crippen LogP contribution in [0.15, 0.2) is 35.5 Å². The molecule has 0 aliphatic carbocycles. The predicted molar refractivity (Wildman–Crippen MR) is 57.2 cm³/mol. The fourth-order valence-corrected chi connectivity index (χ4v) is 1.71. The topological polar surface area (TPSA) is 21.6 Å². The van der Waals surface area contributed by atoms with Crippen molar-refractivity contribution >= 4 is 5.71 Å². The van der Waals surface area contributed by atoms with Gasteiger partial charge in [-0.25, -0.2) is 0 Å². The van der Waals surface area contributed by atoms with Crippen LogP contribution in [-0.2, 0) is 4.84 Å². The summed E-state index contributed by atoms with van der Waals surface area (Å²) in [5, 5.41) is 4.10. The zero-order valence-corrected chi connectivity index (χ0v) is 8.44. The first-order chi connectivity index (χ1) is 6.90. The highest BCUT2D eigenvalue weighted by Crippen LogP contribution is 2.27. The number of oxime groups is 1. The Morgan fingerprint density at radius 3 is 2.86 bits per heavy atom. The molecule has 14 heavy (non-hydrogen) atoms. The highest BCUT2D eigenvalue weighted by atomic mass is 16.6. The molecule has 0 saturated carbocycles. The molecular weight excluding hydrogens is 174 g/mol. The Balaban J connectivity index is 1.99. The van der Waals surface area contributed by atoms with Crippen molar-refractivity contribution in [3.8, 4) is 0 Å². The summed E-state index contributed by atoms with van der Waals surface area (Å²) >= 11 is 0. The van der Waals surface area contributed by atoms with E-state index < -0.39 is 0 Å². The normalized spacial score (nSPS) is 20.4. The first-order valence-corrected chi connectivity index (χ1v) is 5.16. The van der Waals surface area contributed by atoms with Gasteiger partial charge in [-0.1, -0.05) is 48.8 Å². The molecule has 0 N–H and O–H groups in total. The Hall–Kier alpha value is -1.31. The second kappa shape index (κ2) is 4.27. The van der Waals surface area contributed by atoms with E-state index in [2.05, 4.69) is 24.2 Å². The van der Waals surface area contributed by atoms with Gasteiger partial charge in [0.25, 0.3) is 0 Å². The van der Waals surface area contributed by atoms with Crippen molar-refractivity contribution in [1.29, 1.82) is 0 Å². The molecule has 1 aliphatic heterocycles. The minimum Gasteiger partial charge on any atom is -0.387 e. The molecule has 0 amide bonds. The van der Waals surface area contributed by atoms with Gasteiger partial charge in [-0.05, 0) is 12.0 Å². The van der Waals surface area contributed by atoms with Gasteiger partial charge in [0.1, 0.15) is 0 Å². The standard InChI is InChI=1S/C12H15NO/c1-2-6-11-9-12(14-13-11)10-7-4-3-5-8-10/h3-5,7-8,12H,2,6,9H2,1H3. The lowest BCUT2D eigenvalue weighted by Crippen LogP contribution is -1.99. The zero-order chi connectivity index (χ0) is 9.80. The molecule has 0 saturated heterocycles. The molecule has 0 spiro atoms. The number of nitrogens with zero attached hydrogens (tertiary/aromatic N) is 1. The van der Waals surface area contributed by atoms with E-state index in [1.807, 2.05) is 18.2 Å². The first kappa shape index (κ1) is 9.25. The lowest BCUT2D eigenvalue weighted by atomic mass is 10.0. The maximum atomic E-state index is 5.39. The Morgan fingerprint density at radius 2 is 2.14 bits per heavy atom. The smallest absolute Gasteiger partial charge is 0.157 e. The van der Waals surface area contributed by atoms with Crippen LogP contribution in [0.5, 0.6) is 0 Å². The Morgan fingerprint density at radius 1 is 1.36 bits per heavy atom. The molecule has 1 atom stereocenters. The Labute approximate surface area is 84.6 Å².